The molecule has 0 aliphatic heterocycles. The molecule has 0 aliphatic carbocycles. The van der Waals surface area contributed by atoms with Gasteiger partial charge in [-0.2, -0.15) is 0 Å². The Hall–Kier alpha value is -3.07. The van der Waals surface area contributed by atoms with E-state index >= 15 is 0 Å². The summed E-state index contributed by atoms with van der Waals surface area (Å²) >= 11 is 1.28. The minimum atomic E-state index is -0.989. The van der Waals surface area contributed by atoms with Crippen LogP contribution < -0.4 is 5.32 Å². The van der Waals surface area contributed by atoms with Gasteiger partial charge in [0.25, 0.3) is 0 Å². The minimum Gasteiger partial charge on any atom is -0.478 e. The maximum Gasteiger partial charge on any atom is 0.413 e. The maximum absolute atomic E-state index is 11.3. The van der Waals surface area contributed by atoms with Crippen molar-refractivity contribution in [1.29, 1.82) is 0 Å². The largest absolute Gasteiger partial charge is 0.478 e. The van der Waals surface area contributed by atoms with E-state index in [4.69, 9.17) is 0 Å². The molecule has 9 heteroatoms. The highest BCUT2D eigenvalue weighted by molar-refractivity contribution is 7.99. The number of anilines is 1. The molecule has 0 atom stereocenters. The average Bonchev–Trinajstić information content (AvgIpc) is 2.96. The molecule has 0 saturated carbocycles. The van der Waals surface area contributed by atoms with Gasteiger partial charge in [-0.05, 0) is 18.2 Å². The number of carbonyl (C=O) groups is 2. The number of aromatic amines is 1. The van der Waals surface area contributed by atoms with Crippen LogP contribution in [0.4, 0.5) is 10.7 Å². The summed E-state index contributed by atoms with van der Waals surface area (Å²) in [4.78, 5) is 35.1. The van der Waals surface area contributed by atoms with Gasteiger partial charge in [0.1, 0.15) is 5.52 Å². The highest BCUT2D eigenvalue weighted by atomic mass is 32.2. The van der Waals surface area contributed by atoms with Crippen molar-refractivity contribution in [2.24, 2.45) is 0 Å². The minimum absolute atomic E-state index is 0.220. The lowest BCUT2D eigenvalue weighted by Gasteiger charge is -2.04. The van der Waals surface area contributed by atoms with Gasteiger partial charge < -0.3 is 14.8 Å². The Kier molecular flexibility index (Phi) is 4.34. The van der Waals surface area contributed by atoms with Gasteiger partial charge >= 0.3 is 12.1 Å². The van der Waals surface area contributed by atoms with Crippen LogP contribution in [0.15, 0.2) is 46.3 Å². The number of carboxylic acid groups (broad SMARTS) is 1. The van der Waals surface area contributed by atoms with Crippen molar-refractivity contribution in [3.05, 3.63) is 42.1 Å². The van der Waals surface area contributed by atoms with Crippen LogP contribution in [0.25, 0.3) is 11.2 Å². The molecule has 3 aromatic rings. The molecule has 122 valence electrons. The normalized spacial score (nSPS) is 10.5. The number of nitrogens with one attached hydrogen (secondary N) is 2. The number of hydrogen-bond donors (Lipinski definition) is 3. The van der Waals surface area contributed by atoms with Crippen molar-refractivity contribution in [2.75, 3.05) is 12.4 Å². The third kappa shape index (κ3) is 3.30. The summed E-state index contributed by atoms with van der Waals surface area (Å²) in [5, 5.41) is 11.6. The number of H-pyrrole nitrogens is 1. The molecule has 2 heterocycles. The van der Waals surface area contributed by atoms with Crippen LogP contribution in [-0.2, 0) is 4.74 Å². The highest BCUT2D eigenvalue weighted by Gasteiger charge is 2.12. The number of ether oxygens (including phenoxy) is 1. The van der Waals surface area contributed by atoms with Gasteiger partial charge in [0.15, 0.2) is 5.65 Å². The van der Waals surface area contributed by atoms with Crippen molar-refractivity contribution in [3.8, 4) is 0 Å². The van der Waals surface area contributed by atoms with Crippen LogP contribution in [0.5, 0.6) is 0 Å². The van der Waals surface area contributed by atoms with Gasteiger partial charge in [0, 0.05) is 16.0 Å². The van der Waals surface area contributed by atoms with E-state index in [9.17, 15) is 14.7 Å². The molecule has 3 rings (SSSR count). The summed E-state index contributed by atoms with van der Waals surface area (Å²) in [6.07, 6.45) is 0.963. The van der Waals surface area contributed by atoms with Crippen molar-refractivity contribution >= 4 is 40.9 Å². The molecular weight excluding hydrogens is 332 g/mol. The second kappa shape index (κ2) is 6.59. The first-order chi connectivity index (χ1) is 11.6. The Morgan fingerprint density at radius 3 is 2.88 bits per heavy atom. The lowest BCUT2D eigenvalue weighted by molar-refractivity contribution is 0.0693. The number of methoxy groups -OCH3 is 1. The number of rotatable bonds is 4. The quantitative estimate of drug-likeness (QED) is 0.666. The molecule has 0 aliphatic rings. The number of pyridine rings is 1. The van der Waals surface area contributed by atoms with Crippen LogP contribution in [0.1, 0.15) is 10.4 Å². The Labute approximate surface area is 140 Å². The molecule has 0 bridgehead atoms. The van der Waals surface area contributed by atoms with Gasteiger partial charge in [-0.25, -0.2) is 19.6 Å². The first-order valence-electron chi connectivity index (χ1n) is 6.77. The molecule has 1 amide bonds. The summed E-state index contributed by atoms with van der Waals surface area (Å²) in [6, 6.07) is 8.47. The van der Waals surface area contributed by atoms with Gasteiger partial charge in [-0.1, -0.05) is 23.9 Å². The van der Waals surface area contributed by atoms with E-state index in [0.29, 0.717) is 16.1 Å². The number of fused-ring (bicyclic) bond motifs is 1. The molecule has 0 fully saturated rings. The molecule has 24 heavy (non-hydrogen) atoms. The predicted molar refractivity (Wildman–Crippen MR) is 87.4 cm³/mol. The first kappa shape index (κ1) is 15.8. The average molecular weight is 344 g/mol. The highest BCUT2D eigenvalue weighted by Crippen LogP contribution is 2.31. The predicted octanol–water partition coefficient (Wildman–Crippen LogP) is 2.99. The topological polar surface area (TPSA) is 117 Å². The number of hydrogen-bond acceptors (Lipinski definition) is 6. The van der Waals surface area contributed by atoms with E-state index in [1.807, 2.05) is 0 Å². The fraction of sp³-hybridized carbons (Fsp3) is 0.0667. The number of aromatic nitrogens is 3. The van der Waals surface area contributed by atoms with Gasteiger partial charge in [0.2, 0.25) is 5.95 Å². The van der Waals surface area contributed by atoms with E-state index < -0.39 is 12.1 Å². The van der Waals surface area contributed by atoms with Crippen LogP contribution >= 0.6 is 11.8 Å². The Morgan fingerprint density at radius 2 is 2.12 bits per heavy atom. The third-order valence-electron chi connectivity index (χ3n) is 3.06. The molecule has 2 aromatic heterocycles. The third-order valence-corrected chi connectivity index (χ3v) is 4.10. The zero-order valence-corrected chi connectivity index (χ0v) is 13.3. The van der Waals surface area contributed by atoms with Crippen LogP contribution in [0, 0.1) is 0 Å². The molecule has 0 radical (unpaired) electrons. The number of imidazole rings is 1. The van der Waals surface area contributed by atoms with E-state index in [0.717, 1.165) is 4.90 Å². The van der Waals surface area contributed by atoms with Gasteiger partial charge in [0.05, 0.1) is 12.7 Å². The fourth-order valence-electron chi connectivity index (χ4n) is 2.00. The molecule has 1 aromatic carbocycles. The number of aromatic carboxylic acids is 1. The zero-order valence-electron chi connectivity index (χ0n) is 12.4. The Bertz CT molecular complexity index is 925. The summed E-state index contributed by atoms with van der Waals surface area (Å²) < 4.78 is 4.50. The molecule has 3 N–H and O–H groups in total. The number of carbonyl (C=O) groups excluding carboxylic acids is 1. The molecule has 0 unspecified atom stereocenters. The summed E-state index contributed by atoms with van der Waals surface area (Å²) in [5.41, 5.74) is 1.26. The number of benzene rings is 1. The summed E-state index contributed by atoms with van der Waals surface area (Å²) in [5.74, 6) is -0.770. The van der Waals surface area contributed by atoms with E-state index in [2.05, 4.69) is 25.0 Å². The smallest absolute Gasteiger partial charge is 0.413 e. The second-order valence-electron chi connectivity index (χ2n) is 4.64. The molecular formula is C15H12N4O4S. The standard InChI is InChI=1S/C15H12N4O4S/c1-23-15(22)19-14-17-10-6-8(7-16-12(10)18-14)24-11-5-3-2-4-9(11)13(20)21/h2-7H,1H3,(H,20,21)(H2,16,17,18,19,22). The van der Waals surface area contributed by atoms with Crippen molar-refractivity contribution in [1.82, 2.24) is 15.0 Å². The molecule has 8 nitrogen and oxygen atoms in total. The molecule has 0 saturated heterocycles. The number of amides is 1. The lowest BCUT2D eigenvalue weighted by atomic mass is 10.2. The van der Waals surface area contributed by atoms with Crippen LogP contribution in [0.2, 0.25) is 0 Å². The Morgan fingerprint density at radius 1 is 1.33 bits per heavy atom. The zero-order chi connectivity index (χ0) is 17.1. The monoisotopic (exact) mass is 344 g/mol. The van der Waals surface area contributed by atoms with Gasteiger partial charge in [-0.3, -0.25) is 5.32 Å². The second-order valence-corrected chi connectivity index (χ2v) is 5.76. The van der Waals surface area contributed by atoms with Crippen LogP contribution in [-0.4, -0.2) is 39.2 Å². The lowest BCUT2D eigenvalue weighted by Crippen LogP contribution is -2.11. The van der Waals surface area contributed by atoms with E-state index in [1.165, 1.54) is 18.9 Å². The Balaban J connectivity index is 1.88. The number of nitrogens with zero attached hydrogens (tertiary/aromatic N) is 2. The molecule has 0 spiro atoms. The first-order valence-corrected chi connectivity index (χ1v) is 7.59. The summed E-state index contributed by atoms with van der Waals surface area (Å²) in [7, 11) is 1.25. The number of carboxylic acids is 1. The van der Waals surface area contributed by atoms with Gasteiger partial charge in [-0.15, -0.1) is 0 Å². The van der Waals surface area contributed by atoms with Crippen molar-refractivity contribution in [3.63, 3.8) is 0 Å². The maximum atomic E-state index is 11.3. The van der Waals surface area contributed by atoms with E-state index in [1.54, 1.807) is 36.5 Å². The van der Waals surface area contributed by atoms with Crippen molar-refractivity contribution < 1.29 is 19.4 Å². The summed E-state index contributed by atoms with van der Waals surface area (Å²) in [6.45, 7) is 0. The van der Waals surface area contributed by atoms with Crippen LogP contribution in [0.3, 0.4) is 0 Å². The van der Waals surface area contributed by atoms with E-state index in [-0.39, 0.29) is 11.5 Å². The fourth-order valence-corrected chi connectivity index (χ4v) is 2.94. The SMILES string of the molecule is COC(=O)Nc1nc2cc(Sc3ccccc3C(=O)O)cnc2[nH]1. The van der Waals surface area contributed by atoms with Crippen molar-refractivity contribution in [2.45, 2.75) is 9.79 Å².